The van der Waals surface area contributed by atoms with Crippen molar-refractivity contribution in [3.8, 4) is 22.3 Å². The summed E-state index contributed by atoms with van der Waals surface area (Å²) in [5.41, 5.74) is 5.14. The van der Waals surface area contributed by atoms with Gasteiger partial charge in [-0.15, -0.1) is 0 Å². The van der Waals surface area contributed by atoms with Gasteiger partial charge in [0, 0.05) is 0 Å². The van der Waals surface area contributed by atoms with E-state index >= 15 is 0 Å². The van der Waals surface area contributed by atoms with E-state index in [-0.39, 0.29) is 20.9 Å². The summed E-state index contributed by atoms with van der Waals surface area (Å²) < 4.78 is 2.94. The molecular weight excluding hydrogens is 416 g/mol. The molecule has 0 saturated carbocycles. The Morgan fingerprint density at radius 1 is 0.320 bits per heavy atom. The molecule has 0 saturated heterocycles. The van der Waals surface area contributed by atoms with Crippen LogP contribution in [0.4, 0.5) is 0 Å². The first-order valence-electron chi connectivity index (χ1n) is 8.37. The molecule has 0 aliphatic rings. The zero-order chi connectivity index (χ0) is 16.9. The molecule has 0 unspecified atom stereocenters. The Kier molecular flexibility index (Phi) is 4.98. The van der Waals surface area contributed by atoms with Crippen molar-refractivity contribution in [2.75, 3.05) is 0 Å². The zero-order valence-corrected chi connectivity index (χ0v) is 16.1. The molecule has 0 atom stereocenters. The molecular formula is C24H18Te. The summed E-state index contributed by atoms with van der Waals surface area (Å²) >= 11 is -0.337. The third kappa shape index (κ3) is 4.02. The normalized spacial score (nSPS) is 10.6. The first-order chi connectivity index (χ1) is 12.4. The summed E-state index contributed by atoms with van der Waals surface area (Å²) in [6, 6.07) is 39.2. The first kappa shape index (κ1) is 16.2. The van der Waals surface area contributed by atoms with Gasteiger partial charge in [0.25, 0.3) is 0 Å². The molecule has 0 nitrogen and oxygen atoms in total. The van der Waals surface area contributed by atoms with Crippen molar-refractivity contribution in [3.63, 3.8) is 0 Å². The Bertz CT molecular complexity index is 844. The molecule has 0 aliphatic carbocycles. The van der Waals surface area contributed by atoms with Crippen LogP contribution in [0.25, 0.3) is 22.3 Å². The van der Waals surface area contributed by atoms with Crippen molar-refractivity contribution < 1.29 is 0 Å². The molecule has 0 fully saturated rings. The molecule has 0 heterocycles. The van der Waals surface area contributed by atoms with E-state index in [1.807, 2.05) is 0 Å². The van der Waals surface area contributed by atoms with Gasteiger partial charge >= 0.3 is 160 Å². The van der Waals surface area contributed by atoms with Crippen LogP contribution in [0.1, 0.15) is 0 Å². The molecule has 0 radical (unpaired) electrons. The van der Waals surface area contributed by atoms with Gasteiger partial charge in [-0.3, -0.25) is 0 Å². The summed E-state index contributed by atoms with van der Waals surface area (Å²) in [5.74, 6) is 0. The van der Waals surface area contributed by atoms with Crippen LogP contribution >= 0.6 is 0 Å². The van der Waals surface area contributed by atoms with Crippen molar-refractivity contribution >= 4 is 28.1 Å². The second kappa shape index (κ2) is 7.70. The Morgan fingerprint density at radius 2 is 0.640 bits per heavy atom. The number of hydrogen-bond acceptors (Lipinski definition) is 0. The fraction of sp³-hybridized carbons (Fsp3) is 0. The first-order valence-corrected chi connectivity index (χ1v) is 10.7. The summed E-state index contributed by atoms with van der Waals surface area (Å²) in [6.07, 6.45) is 0. The van der Waals surface area contributed by atoms with E-state index in [4.69, 9.17) is 0 Å². The monoisotopic (exact) mass is 436 g/mol. The molecule has 0 spiro atoms. The second-order valence-corrected chi connectivity index (χ2v) is 9.16. The van der Waals surface area contributed by atoms with Gasteiger partial charge in [-0.1, -0.05) is 0 Å². The van der Waals surface area contributed by atoms with Gasteiger partial charge in [0.1, 0.15) is 0 Å². The van der Waals surface area contributed by atoms with Crippen LogP contribution in [0.3, 0.4) is 0 Å². The number of benzene rings is 4. The molecule has 0 bridgehead atoms. The molecule has 0 amide bonds. The second-order valence-electron chi connectivity index (χ2n) is 5.88. The Labute approximate surface area is 159 Å². The molecule has 0 N–H and O–H groups in total. The average Bonchev–Trinajstić information content (AvgIpc) is 2.71. The van der Waals surface area contributed by atoms with Crippen molar-refractivity contribution in [1.82, 2.24) is 0 Å². The van der Waals surface area contributed by atoms with E-state index in [0.29, 0.717) is 0 Å². The van der Waals surface area contributed by atoms with Crippen LogP contribution < -0.4 is 7.22 Å². The van der Waals surface area contributed by atoms with Gasteiger partial charge in [0.15, 0.2) is 0 Å². The molecule has 4 rings (SSSR count). The van der Waals surface area contributed by atoms with Gasteiger partial charge in [0.05, 0.1) is 0 Å². The Hall–Kier alpha value is -2.33. The molecule has 4 aromatic carbocycles. The van der Waals surface area contributed by atoms with Gasteiger partial charge < -0.3 is 0 Å². The van der Waals surface area contributed by atoms with Gasteiger partial charge in [0.2, 0.25) is 0 Å². The van der Waals surface area contributed by atoms with Crippen LogP contribution in [-0.4, -0.2) is 20.9 Å². The van der Waals surface area contributed by atoms with Crippen molar-refractivity contribution in [2.45, 2.75) is 0 Å². The fourth-order valence-corrected chi connectivity index (χ4v) is 5.16. The van der Waals surface area contributed by atoms with Crippen LogP contribution in [0.15, 0.2) is 109 Å². The van der Waals surface area contributed by atoms with Gasteiger partial charge in [-0.2, -0.15) is 0 Å². The molecule has 25 heavy (non-hydrogen) atoms. The Morgan fingerprint density at radius 3 is 1.00 bits per heavy atom. The van der Waals surface area contributed by atoms with E-state index in [9.17, 15) is 0 Å². The van der Waals surface area contributed by atoms with Crippen LogP contribution in [0, 0.1) is 0 Å². The minimum atomic E-state index is -0.337. The molecule has 1 heteroatoms. The summed E-state index contributed by atoms with van der Waals surface area (Å²) in [4.78, 5) is 0. The maximum atomic E-state index is 2.29. The van der Waals surface area contributed by atoms with Crippen LogP contribution in [0.2, 0.25) is 0 Å². The number of hydrogen-bond donors (Lipinski definition) is 0. The fourth-order valence-electron chi connectivity index (χ4n) is 2.83. The molecule has 120 valence electrons. The average molecular weight is 434 g/mol. The van der Waals surface area contributed by atoms with Crippen LogP contribution in [0.5, 0.6) is 0 Å². The van der Waals surface area contributed by atoms with E-state index in [2.05, 4.69) is 109 Å². The van der Waals surface area contributed by atoms with E-state index < -0.39 is 0 Å². The molecule has 0 aliphatic heterocycles. The van der Waals surface area contributed by atoms with Crippen molar-refractivity contribution in [3.05, 3.63) is 109 Å². The molecule has 4 aromatic rings. The molecule has 0 aromatic heterocycles. The summed E-state index contributed by atoms with van der Waals surface area (Å²) in [5, 5.41) is 0. The quantitative estimate of drug-likeness (QED) is 0.410. The van der Waals surface area contributed by atoms with Gasteiger partial charge in [-0.25, -0.2) is 0 Å². The minimum absolute atomic E-state index is 0.337. The topological polar surface area (TPSA) is 0 Å². The maximum absolute atomic E-state index is 2.29. The third-order valence-corrected chi connectivity index (χ3v) is 7.06. The SMILES string of the molecule is c1ccc(-c2ccc([Te]c3ccc(-c4ccccc4)cc3)cc2)cc1. The summed E-state index contributed by atoms with van der Waals surface area (Å²) in [6.45, 7) is 0. The standard InChI is InChI=1S/C24H18Te/c1-3-7-19(8-4-1)21-11-15-23(16-12-21)25-24-17-13-22(14-18-24)20-9-5-2-6-10-20/h1-18H. The van der Waals surface area contributed by atoms with Crippen LogP contribution in [-0.2, 0) is 0 Å². The van der Waals surface area contributed by atoms with Gasteiger partial charge in [-0.05, 0) is 0 Å². The third-order valence-electron chi connectivity index (χ3n) is 4.16. The zero-order valence-electron chi connectivity index (χ0n) is 13.8. The van der Waals surface area contributed by atoms with E-state index in [1.54, 1.807) is 0 Å². The summed E-state index contributed by atoms with van der Waals surface area (Å²) in [7, 11) is 0. The Balaban J connectivity index is 1.49. The van der Waals surface area contributed by atoms with Crippen molar-refractivity contribution in [2.24, 2.45) is 0 Å². The van der Waals surface area contributed by atoms with E-state index in [1.165, 1.54) is 29.5 Å². The van der Waals surface area contributed by atoms with Crippen molar-refractivity contribution in [1.29, 1.82) is 0 Å². The van der Waals surface area contributed by atoms with E-state index in [0.717, 1.165) is 0 Å². The number of rotatable bonds is 4. The predicted octanol–water partition coefficient (Wildman–Crippen LogP) is 4.68. The predicted molar refractivity (Wildman–Crippen MR) is 109 cm³/mol.